The summed E-state index contributed by atoms with van der Waals surface area (Å²) >= 11 is 0. The van der Waals surface area contributed by atoms with Gasteiger partial charge in [-0.2, -0.15) is 5.10 Å². The van der Waals surface area contributed by atoms with Crippen molar-refractivity contribution in [1.29, 1.82) is 0 Å². The van der Waals surface area contributed by atoms with Gasteiger partial charge in [-0.05, 0) is 37.8 Å². The summed E-state index contributed by atoms with van der Waals surface area (Å²) in [5, 5.41) is 4.51. The van der Waals surface area contributed by atoms with Crippen LogP contribution < -0.4 is 5.43 Å². The van der Waals surface area contributed by atoms with Gasteiger partial charge in [0, 0.05) is 17.3 Å². The minimum Gasteiger partial charge on any atom is -0.261 e. The molecule has 27 heavy (non-hydrogen) atoms. The number of hydrogen-bond acceptors (Lipinski definition) is 4. The van der Waals surface area contributed by atoms with Gasteiger partial charge in [0.15, 0.2) is 11.6 Å². The Morgan fingerprint density at radius 2 is 1.74 bits per heavy atom. The second-order valence-electron chi connectivity index (χ2n) is 6.69. The van der Waals surface area contributed by atoms with Crippen molar-refractivity contribution in [3.8, 4) is 11.4 Å². The number of anilines is 1. The SMILES string of the molecule is CCCCc1ccc(C(C)=NNc2cc(C)nc(-c3ccccc3)n2)cc1. The fourth-order valence-corrected chi connectivity index (χ4v) is 2.84. The molecular formula is C23H26N4. The molecule has 0 unspecified atom stereocenters. The third-order valence-electron chi connectivity index (χ3n) is 4.42. The molecule has 4 nitrogen and oxygen atoms in total. The van der Waals surface area contributed by atoms with Crippen LogP contribution in [-0.4, -0.2) is 15.7 Å². The minimum absolute atomic E-state index is 0.695. The zero-order valence-corrected chi connectivity index (χ0v) is 16.2. The summed E-state index contributed by atoms with van der Waals surface area (Å²) in [7, 11) is 0. The molecule has 0 fully saturated rings. The monoisotopic (exact) mass is 358 g/mol. The molecule has 4 heteroatoms. The largest absolute Gasteiger partial charge is 0.261 e. The van der Waals surface area contributed by atoms with Crippen LogP contribution in [0, 0.1) is 6.92 Å². The first-order chi connectivity index (χ1) is 13.2. The number of rotatable bonds is 7. The number of aryl methyl sites for hydroxylation is 2. The summed E-state index contributed by atoms with van der Waals surface area (Å²) in [5.41, 5.74) is 8.38. The third-order valence-corrected chi connectivity index (χ3v) is 4.42. The quantitative estimate of drug-likeness (QED) is 0.440. The van der Waals surface area contributed by atoms with Crippen molar-refractivity contribution in [2.75, 3.05) is 5.43 Å². The van der Waals surface area contributed by atoms with Gasteiger partial charge < -0.3 is 0 Å². The van der Waals surface area contributed by atoms with Gasteiger partial charge in [-0.1, -0.05) is 67.9 Å². The molecule has 0 saturated carbocycles. The van der Waals surface area contributed by atoms with Crippen molar-refractivity contribution in [2.45, 2.75) is 40.0 Å². The highest BCUT2D eigenvalue weighted by atomic mass is 15.3. The number of hydrazone groups is 1. The van der Waals surface area contributed by atoms with Gasteiger partial charge in [0.25, 0.3) is 0 Å². The molecule has 0 radical (unpaired) electrons. The molecule has 0 aliphatic carbocycles. The lowest BCUT2D eigenvalue weighted by Crippen LogP contribution is -2.03. The van der Waals surface area contributed by atoms with E-state index in [1.54, 1.807) is 0 Å². The van der Waals surface area contributed by atoms with Crippen LogP contribution in [0.3, 0.4) is 0 Å². The fourth-order valence-electron chi connectivity index (χ4n) is 2.84. The number of nitrogens with zero attached hydrogens (tertiary/aromatic N) is 3. The smallest absolute Gasteiger partial charge is 0.161 e. The molecule has 0 amide bonds. The maximum absolute atomic E-state index is 4.59. The van der Waals surface area contributed by atoms with Gasteiger partial charge in [0.05, 0.1) is 5.71 Å². The molecule has 0 bridgehead atoms. The van der Waals surface area contributed by atoms with E-state index in [0.717, 1.165) is 29.0 Å². The van der Waals surface area contributed by atoms with E-state index >= 15 is 0 Å². The molecule has 1 aromatic heterocycles. The molecule has 138 valence electrons. The number of unbranched alkanes of at least 4 members (excludes halogenated alkanes) is 1. The summed E-state index contributed by atoms with van der Waals surface area (Å²) < 4.78 is 0. The lowest BCUT2D eigenvalue weighted by Gasteiger charge is -2.07. The van der Waals surface area contributed by atoms with Gasteiger partial charge >= 0.3 is 0 Å². The molecule has 0 atom stereocenters. The first-order valence-corrected chi connectivity index (χ1v) is 9.46. The standard InChI is InChI=1S/C23H26N4/c1-4-5-9-19-12-14-20(15-13-19)18(3)26-27-22-16-17(2)24-23(25-22)21-10-7-6-8-11-21/h6-8,10-16H,4-5,9H2,1-3H3,(H,24,25,27). The van der Waals surface area contributed by atoms with Crippen molar-refractivity contribution in [2.24, 2.45) is 5.10 Å². The lowest BCUT2D eigenvalue weighted by molar-refractivity contribution is 0.795. The number of nitrogens with one attached hydrogen (secondary N) is 1. The lowest BCUT2D eigenvalue weighted by atomic mass is 10.0. The molecule has 3 rings (SSSR count). The molecule has 2 aromatic carbocycles. The highest BCUT2D eigenvalue weighted by molar-refractivity contribution is 5.99. The summed E-state index contributed by atoms with van der Waals surface area (Å²) in [5.74, 6) is 1.39. The van der Waals surface area contributed by atoms with E-state index in [1.807, 2.05) is 50.2 Å². The van der Waals surface area contributed by atoms with Crippen LogP contribution in [-0.2, 0) is 6.42 Å². The van der Waals surface area contributed by atoms with E-state index in [4.69, 9.17) is 0 Å². The Bertz CT molecular complexity index is 899. The summed E-state index contributed by atoms with van der Waals surface area (Å²) in [6.07, 6.45) is 3.58. The highest BCUT2D eigenvalue weighted by Crippen LogP contribution is 2.17. The second-order valence-corrected chi connectivity index (χ2v) is 6.69. The maximum atomic E-state index is 4.59. The van der Waals surface area contributed by atoms with Crippen molar-refractivity contribution in [1.82, 2.24) is 9.97 Å². The van der Waals surface area contributed by atoms with Crippen molar-refractivity contribution in [3.63, 3.8) is 0 Å². The van der Waals surface area contributed by atoms with Crippen LogP contribution in [0.5, 0.6) is 0 Å². The fraction of sp³-hybridized carbons (Fsp3) is 0.261. The zero-order chi connectivity index (χ0) is 19.1. The zero-order valence-electron chi connectivity index (χ0n) is 16.2. The topological polar surface area (TPSA) is 50.2 Å². The van der Waals surface area contributed by atoms with E-state index < -0.39 is 0 Å². The number of aromatic nitrogens is 2. The number of benzene rings is 2. The Kier molecular flexibility index (Phi) is 6.31. The van der Waals surface area contributed by atoms with Crippen LogP contribution >= 0.6 is 0 Å². The van der Waals surface area contributed by atoms with Gasteiger partial charge in [-0.3, -0.25) is 5.43 Å². The van der Waals surface area contributed by atoms with Gasteiger partial charge in [-0.15, -0.1) is 0 Å². The van der Waals surface area contributed by atoms with Gasteiger partial charge in [0.2, 0.25) is 0 Å². The average Bonchev–Trinajstić information content (AvgIpc) is 2.71. The Hall–Kier alpha value is -3.01. The van der Waals surface area contributed by atoms with Crippen molar-refractivity contribution in [3.05, 3.63) is 77.5 Å². The third kappa shape index (κ3) is 5.23. The normalized spacial score (nSPS) is 11.4. The summed E-state index contributed by atoms with van der Waals surface area (Å²) in [6.45, 7) is 6.18. The van der Waals surface area contributed by atoms with Crippen LogP contribution in [0.2, 0.25) is 0 Å². The first kappa shape index (κ1) is 18.8. The van der Waals surface area contributed by atoms with Crippen LogP contribution in [0.4, 0.5) is 5.82 Å². The first-order valence-electron chi connectivity index (χ1n) is 9.46. The predicted octanol–water partition coefficient (Wildman–Crippen LogP) is 5.63. The summed E-state index contributed by atoms with van der Waals surface area (Å²) in [4.78, 5) is 9.11. The number of hydrogen-bond donors (Lipinski definition) is 1. The Morgan fingerprint density at radius 1 is 1.00 bits per heavy atom. The van der Waals surface area contributed by atoms with E-state index in [1.165, 1.54) is 18.4 Å². The van der Waals surface area contributed by atoms with Gasteiger partial charge in [-0.25, -0.2) is 9.97 Å². The molecule has 3 aromatic rings. The molecule has 0 aliphatic rings. The Labute approximate surface area is 161 Å². The van der Waals surface area contributed by atoms with Crippen LogP contribution in [0.1, 0.15) is 43.5 Å². The average molecular weight is 358 g/mol. The molecule has 0 aliphatic heterocycles. The summed E-state index contributed by atoms with van der Waals surface area (Å²) in [6, 6.07) is 20.5. The van der Waals surface area contributed by atoms with Gasteiger partial charge in [0.1, 0.15) is 0 Å². The Balaban J connectivity index is 1.74. The predicted molar refractivity (Wildman–Crippen MR) is 113 cm³/mol. The van der Waals surface area contributed by atoms with E-state index in [-0.39, 0.29) is 0 Å². The van der Waals surface area contributed by atoms with Crippen molar-refractivity contribution < 1.29 is 0 Å². The second kappa shape index (κ2) is 9.08. The molecule has 1 N–H and O–H groups in total. The molecule has 0 saturated heterocycles. The molecule has 0 spiro atoms. The molecule has 1 heterocycles. The maximum Gasteiger partial charge on any atom is 0.161 e. The van der Waals surface area contributed by atoms with E-state index in [9.17, 15) is 0 Å². The van der Waals surface area contributed by atoms with Crippen LogP contribution in [0.15, 0.2) is 65.8 Å². The van der Waals surface area contributed by atoms with Crippen molar-refractivity contribution >= 4 is 11.5 Å². The van der Waals surface area contributed by atoms with E-state index in [2.05, 4.69) is 51.7 Å². The molecular weight excluding hydrogens is 332 g/mol. The van der Waals surface area contributed by atoms with Crippen LogP contribution in [0.25, 0.3) is 11.4 Å². The minimum atomic E-state index is 0.695. The highest BCUT2D eigenvalue weighted by Gasteiger charge is 2.05. The van der Waals surface area contributed by atoms with E-state index in [0.29, 0.717) is 11.6 Å². The Morgan fingerprint density at radius 3 is 2.44 bits per heavy atom.